The lowest BCUT2D eigenvalue weighted by Gasteiger charge is -2.18. The Bertz CT molecular complexity index is 530. The van der Waals surface area contributed by atoms with Gasteiger partial charge in [0.05, 0.1) is 0 Å². The molecular weight excluding hydrogens is 488 g/mol. The standard InChI is InChI=1S/C33H66N2O4/c1-4-7-10-12-14-16-18-20-22-25-28-34-32(36)38-30-31(27-24-9-6-3)39-33(37)35-29-26-23-21-19-17-15-13-11-8-5-2/h31H,4-30H2,1-3H3,(H,34,36)(H,35,37). The number of alkyl carbamates (subject to hydrolysis) is 2. The highest BCUT2D eigenvalue weighted by molar-refractivity contribution is 5.68. The number of hydrogen-bond donors (Lipinski definition) is 2. The van der Waals surface area contributed by atoms with E-state index in [0.29, 0.717) is 19.5 Å². The molecule has 6 heteroatoms. The summed E-state index contributed by atoms with van der Waals surface area (Å²) < 4.78 is 11.0. The van der Waals surface area contributed by atoms with Crippen LogP contribution >= 0.6 is 0 Å². The van der Waals surface area contributed by atoms with Crippen molar-refractivity contribution in [3.63, 3.8) is 0 Å². The van der Waals surface area contributed by atoms with Crippen molar-refractivity contribution in [3.05, 3.63) is 0 Å². The van der Waals surface area contributed by atoms with Crippen LogP contribution in [-0.2, 0) is 9.47 Å². The molecule has 0 aliphatic rings. The molecule has 0 aliphatic carbocycles. The van der Waals surface area contributed by atoms with Crippen molar-refractivity contribution in [1.82, 2.24) is 10.6 Å². The number of rotatable bonds is 29. The predicted octanol–water partition coefficient (Wildman–Crippen LogP) is 10.2. The average Bonchev–Trinajstić information content (AvgIpc) is 2.93. The summed E-state index contributed by atoms with van der Waals surface area (Å²) in [5, 5.41) is 5.72. The van der Waals surface area contributed by atoms with E-state index in [-0.39, 0.29) is 6.61 Å². The zero-order valence-electron chi connectivity index (χ0n) is 26.3. The molecule has 0 aliphatic heterocycles. The summed E-state index contributed by atoms with van der Waals surface area (Å²) in [6, 6.07) is 0. The topological polar surface area (TPSA) is 76.7 Å². The maximum Gasteiger partial charge on any atom is 0.407 e. The molecule has 0 bridgehead atoms. The minimum absolute atomic E-state index is 0.110. The van der Waals surface area contributed by atoms with Gasteiger partial charge in [0.15, 0.2) is 0 Å². The van der Waals surface area contributed by atoms with Crippen LogP contribution < -0.4 is 10.6 Å². The fourth-order valence-electron chi connectivity index (χ4n) is 4.82. The van der Waals surface area contributed by atoms with Crippen LogP contribution in [0.3, 0.4) is 0 Å². The maximum atomic E-state index is 12.3. The molecule has 0 heterocycles. The second-order valence-corrected chi connectivity index (χ2v) is 11.3. The lowest BCUT2D eigenvalue weighted by Crippen LogP contribution is -2.34. The quantitative estimate of drug-likeness (QED) is 0.0902. The molecule has 0 aromatic heterocycles. The molecule has 2 N–H and O–H groups in total. The smallest absolute Gasteiger partial charge is 0.407 e. The van der Waals surface area contributed by atoms with Gasteiger partial charge in [-0.3, -0.25) is 0 Å². The summed E-state index contributed by atoms with van der Waals surface area (Å²) in [5.74, 6) is 0. The van der Waals surface area contributed by atoms with Gasteiger partial charge in [0.2, 0.25) is 0 Å². The van der Waals surface area contributed by atoms with Gasteiger partial charge in [0.1, 0.15) is 12.7 Å². The van der Waals surface area contributed by atoms with Gasteiger partial charge >= 0.3 is 12.2 Å². The monoisotopic (exact) mass is 555 g/mol. The average molecular weight is 555 g/mol. The number of carbonyl (C=O) groups is 2. The van der Waals surface area contributed by atoms with E-state index < -0.39 is 18.3 Å². The molecule has 0 aromatic carbocycles. The normalized spacial score (nSPS) is 11.8. The molecule has 6 nitrogen and oxygen atoms in total. The van der Waals surface area contributed by atoms with Gasteiger partial charge in [-0.2, -0.15) is 0 Å². The van der Waals surface area contributed by atoms with Gasteiger partial charge in [-0.15, -0.1) is 0 Å². The largest absolute Gasteiger partial charge is 0.446 e. The third kappa shape index (κ3) is 29.3. The Kier molecular flexibility index (Phi) is 29.9. The second-order valence-electron chi connectivity index (χ2n) is 11.3. The molecule has 0 aromatic rings. The Morgan fingerprint density at radius 3 is 1.28 bits per heavy atom. The first-order valence-electron chi connectivity index (χ1n) is 17.0. The van der Waals surface area contributed by atoms with Crippen molar-refractivity contribution < 1.29 is 19.1 Å². The summed E-state index contributed by atoms with van der Waals surface area (Å²) in [5.41, 5.74) is 0. The molecule has 1 atom stereocenters. The van der Waals surface area contributed by atoms with Crippen LogP contribution in [-0.4, -0.2) is 38.0 Å². The van der Waals surface area contributed by atoms with Gasteiger partial charge < -0.3 is 20.1 Å². The van der Waals surface area contributed by atoms with Gasteiger partial charge in [-0.05, 0) is 25.7 Å². The van der Waals surface area contributed by atoms with Crippen molar-refractivity contribution in [1.29, 1.82) is 0 Å². The minimum atomic E-state index is -0.416. The molecular formula is C33H66N2O4. The third-order valence-electron chi connectivity index (χ3n) is 7.40. The molecule has 0 spiro atoms. The molecule has 0 rings (SSSR count). The van der Waals surface area contributed by atoms with Crippen LogP contribution in [0.15, 0.2) is 0 Å². The van der Waals surface area contributed by atoms with Gasteiger partial charge in [0, 0.05) is 13.1 Å². The zero-order valence-corrected chi connectivity index (χ0v) is 26.3. The highest BCUT2D eigenvalue weighted by atomic mass is 16.6. The Balaban J connectivity index is 3.87. The predicted molar refractivity (Wildman–Crippen MR) is 165 cm³/mol. The number of carbonyl (C=O) groups excluding carboxylic acids is 2. The van der Waals surface area contributed by atoms with E-state index in [1.807, 2.05) is 0 Å². The lowest BCUT2D eigenvalue weighted by molar-refractivity contribution is 0.0388. The fourth-order valence-corrected chi connectivity index (χ4v) is 4.82. The highest BCUT2D eigenvalue weighted by Crippen LogP contribution is 2.12. The summed E-state index contributed by atoms with van der Waals surface area (Å²) in [4.78, 5) is 24.4. The van der Waals surface area contributed by atoms with Crippen molar-refractivity contribution in [3.8, 4) is 0 Å². The van der Waals surface area contributed by atoms with E-state index in [1.165, 1.54) is 103 Å². The van der Waals surface area contributed by atoms with Crippen molar-refractivity contribution in [2.45, 2.75) is 181 Å². The van der Waals surface area contributed by atoms with Crippen LogP contribution in [0.2, 0.25) is 0 Å². The Morgan fingerprint density at radius 2 is 0.846 bits per heavy atom. The Labute approximate surface area is 242 Å². The van der Waals surface area contributed by atoms with Crippen LogP contribution in [0.5, 0.6) is 0 Å². The van der Waals surface area contributed by atoms with Gasteiger partial charge in [0.25, 0.3) is 0 Å². The zero-order chi connectivity index (χ0) is 28.7. The highest BCUT2D eigenvalue weighted by Gasteiger charge is 2.16. The van der Waals surface area contributed by atoms with E-state index in [9.17, 15) is 9.59 Å². The minimum Gasteiger partial charge on any atom is -0.446 e. The number of ether oxygens (including phenoxy) is 2. The van der Waals surface area contributed by atoms with Crippen LogP contribution in [0, 0.1) is 0 Å². The van der Waals surface area contributed by atoms with Crippen molar-refractivity contribution in [2.75, 3.05) is 19.7 Å². The van der Waals surface area contributed by atoms with Crippen molar-refractivity contribution >= 4 is 12.2 Å². The Hall–Kier alpha value is -1.46. The van der Waals surface area contributed by atoms with E-state index in [0.717, 1.165) is 44.9 Å². The molecule has 0 fully saturated rings. The van der Waals surface area contributed by atoms with E-state index in [2.05, 4.69) is 31.4 Å². The molecule has 2 amide bonds. The number of nitrogens with one attached hydrogen (secondary N) is 2. The van der Waals surface area contributed by atoms with E-state index in [1.54, 1.807) is 0 Å². The summed E-state index contributed by atoms with van der Waals surface area (Å²) in [7, 11) is 0. The van der Waals surface area contributed by atoms with Gasteiger partial charge in [-0.1, -0.05) is 149 Å². The number of hydrogen-bond acceptors (Lipinski definition) is 4. The van der Waals surface area contributed by atoms with Crippen LogP contribution in [0.4, 0.5) is 9.59 Å². The Morgan fingerprint density at radius 1 is 0.487 bits per heavy atom. The van der Waals surface area contributed by atoms with Gasteiger partial charge in [-0.25, -0.2) is 9.59 Å². The number of unbranched alkanes of at least 4 members (excludes halogenated alkanes) is 20. The molecule has 0 saturated heterocycles. The first-order valence-corrected chi connectivity index (χ1v) is 17.0. The van der Waals surface area contributed by atoms with Crippen LogP contribution in [0.25, 0.3) is 0 Å². The third-order valence-corrected chi connectivity index (χ3v) is 7.40. The maximum absolute atomic E-state index is 12.3. The number of amides is 2. The summed E-state index contributed by atoms with van der Waals surface area (Å²) in [6.45, 7) is 8.03. The second kappa shape index (κ2) is 31.1. The molecule has 0 saturated carbocycles. The van der Waals surface area contributed by atoms with E-state index in [4.69, 9.17) is 9.47 Å². The molecule has 0 radical (unpaired) electrons. The SMILES string of the molecule is CCCCCCCCCCCCNC(=O)OCC(CCCCC)OC(=O)NCCCCCCCCCCCC. The first kappa shape index (κ1) is 37.5. The summed E-state index contributed by atoms with van der Waals surface area (Å²) in [6.07, 6.45) is 28.0. The summed E-state index contributed by atoms with van der Waals surface area (Å²) >= 11 is 0. The van der Waals surface area contributed by atoms with Crippen LogP contribution in [0.1, 0.15) is 175 Å². The van der Waals surface area contributed by atoms with Crippen molar-refractivity contribution in [2.24, 2.45) is 0 Å². The molecule has 1 unspecified atom stereocenters. The molecule has 232 valence electrons. The fraction of sp³-hybridized carbons (Fsp3) is 0.939. The van der Waals surface area contributed by atoms with E-state index >= 15 is 0 Å². The first-order chi connectivity index (χ1) is 19.1. The lowest BCUT2D eigenvalue weighted by atomic mass is 10.1. The molecule has 39 heavy (non-hydrogen) atoms.